The van der Waals surface area contributed by atoms with Crippen LogP contribution in [0.25, 0.3) is 5.78 Å². The predicted octanol–water partition coefficient (Wildman–Crippen LogP) is 2.62. The van der Waals surface area contributed by atoms with Crippen molar-refractivity contribution in [2.45, 2.75) is 26.2 Å². The molecule has 1 fully saturated rings. The van der Waals surface area contributed by atoms with Crippen molar-refractivity contribution in [3.05, 3.63) is 52.9 Å². The number of rotatable bonds is 5. The minimum absolute atomic E-state index is 0.148. The van der Waals surface area contributed by atoms with Crippen molar-refractivity contribution >= 4 is 29.1 Å². The molecule has 1 aliphatic heterocycles. The van der Waals surface area contributed by atoms with Gasteiger partial charge in [0.25, 0.3) is 5.78 Å². The first-order valence-electron chi connectivity index (χ1n) is 9.61. The number of fused-ring (bicyclic) bond motifs is 1. The third kappa shape index (κ3) is 3.94. The SMILES string of the molecule is CCCc1cc(N2CCN(C(=O)Cc3ccc(Cl)cc3)CC2)nc2nncn12. The summed E-state index contributed by atoms with van der Waals surface area (Å²) in [5, 5.41) is 8.78. The van der Waals surface area contributed by atoms with Crippen molar-refractivity contribution in [2.24, 2.45) is 0 Å². The average molecular weight is 399 g/mol. The second kappa shape index (κ2) is 8.14. The lowest BCUT2D eigenvalue weighted by atomic mass is 10.1. The van der Waals surface area contributed by atoms with Gasteiger partial charge < -0.3 is 9.80 Å². The Morgan fingerprint density at radius 1 is 1.14 bits per heavy atom. The van der Waals surface area contributed by atoms with Gasteiger partial charge in [-0.3, -0.25) is 9.20 Å². The van der Waals surface area contributed by atoms with Crippen molar-refractivity contribution in [3.8, 4) is 0 Å². The van der Waals surface area contributed by atoms with Crippen LogP contribution in [0.5, 0.6) is 0 Å². The van der Waals surface area contributed by atoms with Crippen LogP contribution in [0.15, 0.2) is 36.7 Å². The van der Waals surface area contributed by atoms with E-state index < -0.39 is 0 Å². The highest BCUT2D eigenvalue weighted by Gasteiger charge is 2.23. The van der Waals surface area contributed by atoms with E-state index in [0.717, 1.165) is 43.0 Å². The molecule has 1 aromatic carbocycles. The van der Waals surface area contributed by atoms with Crippen LogP contribution in [0.3, 0.4) is 0 Å². The second-order valence-corrected chi connectivity index (χ2v) is 7.46. The summed E-state index contributed by atoms with van der Waals surface area (Å²) in [6.45, 7) is 5.05. The van der Waals surface area contributed by atoms with Crippen LogP contribution >= 0.6 is 11.6 Å². The lowest BCUT2D eigenvalue weighted by Crippen LogP contribution is -2.49. The highest BCUT2D eigenvalue weighted by molar-refractivity contribution is 6.30. The molecule has 0 N–H and O–H groups in total. The van der Waals surface area contributed by atoms with Crippen LogP contribution in [0.1, 0.15) is 24.6 Å². The van der Waals surface area contributed by atoms with Crippen LogP contribution in [0.2, 0.25) is 5.02 Å². The van der Waals surface area contributed by atoms with Crippen molar-refractivity contribution in [3.63, 3.8) is 0 Å². The Labute approximate surface area is 168 Å². The fraction of sp³-hybridized carbons (Fsp3) is 0.400. The maximum absolute atomic E-state index is 12.6. The molecule has 0 spiro atoms. The number of aromatic nitrogens is 4. The summed E-state index contributed by atoms with van der Waals surface area (Å²) >= 11 is 5.91. The molecule has 146 valence electrons. The van der Waals surface area contributed by atoms with E-state index in [1.807, 2.05) is 33.6 Å². The van der Waals surface area contributed by atoms with Gasteiger partial charge in [-0.2, -0.15) is 4.98 Å². The molecule has 1 saturated heterocycles. The Hall–Kier alpha value is -2.67. The highest BCUT2D eigenvalue weighted by atomic mass is 35.5. The molecule has 1 amide bonds. The number of benzene rings is 1. The molecule has 0 atom stereocenters. The number of anilines is 1. The van der Waals surface area contributed by atoms with Gasteiger partial charge in [0.2, 0.25) is 5.91 Å². The molecule has 0 saturated carbocycles. The first-order valence-corrected chi connectivity index (χ1v) is 9.98. The highest BCUT2D eigenvalue weighted by Crippen LogP contribution is 2.19. The van der Waals surface area contributed by atoms with Gasteiger partial charge in [0.05, 0.1) is 6.42 Å². The summed E-state index contributed by atoms with van der Waals surface area (Å²) in [6, 6.07) is 9.57. The molecular formula is C20H23ClN6O. The summed E-state index contributed by atoms with van der Waals surface area (Å²) in [4.78, 5) is 21.4. The zero-order valence-corrected chi connectivity index (χ0v) is 16.6. The van der Waals surface area contributed by atoms with Crippen LogP contribution in [-0.2, 0) is 17.6 Å². The van der Waals surface area contributed by atoms with E-state index in [-0.39, 0.29) is 5.91 Å². The van der Waals surface area contributed by atoms with Crippen LogP contribution in [0, 0.1) is 0 Å². The predicted molar refractivity (Wildman–Crippen MR) is 109 cm³/mol. The zero-order chi connectivity index (χ0) is 19.5. The lowest BCUT2D eigenvalue weighted by molar-refractivity contribution is -0.130. The van der Waals surface area contributed by atoms with Gasteiger partial charge in [-0.1, -0.05) is 37.1 Å². The Kier molecular flexibility index (Phi) is 5.43. The summed E-state index contributed by atoms with van der Waals surface area (Å²) in [5.74, 6) is 1.69. The Morgan fingerprint density at radius 2 is 1.89 bits per heavy atom. The van der Waals surface area contributed by atoms with Gasteiger partial charge in [-0.25, -0.2) is 0 Å². The number of amides is 1. The normalized spacial score (nSPS) is 14.6. The minimum Gasteiger partial charge on any atom is -0.353 e. The number of aryl methyl sites for hydroxylation is 1. The van der Waals surface area contributed by atoms with Gasteiger partial charge in [0.15, 0.2) is 0 Å². The first-order chi connectivity index (χ1) is 13.6. The van der Waals surface area contributed by atoms with Crippen LogP contribution in [-0.4, -0.2) is 56.6 Å². The molecule has 2 aromatic heterocycles. The van der Waals surface area contributed by atoms with E-state index >= 15 is 0 Å². The van der Waals surface area contributed by atoms with Crippen molar-refractivity contribution < 1.29 is 4.79 Å². The zero-order valence-electron chi connectivity index (χ0n) is 15.9. The molecule has 0 bridgehead atoms. The number of nitrogens with zero attached hydrogens (tertiary/aromatic N) is 6. The molecular weight excluding hydrogens is 376 g/mol. The van der Waals surface area contributed by atoms with Gasteiger partial charge in [0, 0.05) is 43.0 Å². The van der Waals surface area contributed by atoms with E-state index in [4.69, 9.17) is 11.6 Å². The molecule has 3 heterocycles. The van der Waals surface area contributed by atoms with E-state index in [1.165, 1.54) is 0 Å². The first kappa shape index (κ1) is 18.7. The fourth-order valence-electron chi connectivity index (χ4n) is 3.55. The van der Waals surface area contributed by atoms with Gasteiger partial charge >= 0.3 is 0 Å². The third-order valence-electron chi connectivity index (χ3n) is 5.08. The maximum Gasteiger partial charge on any atom is 0.256 e. The van der Waals surface area contributed by atoms with Crippen molar-refractivity contribution in [1.82, 2.24) is 24.5 Å². The molecule has 0 radical (unpaired) electrons. The average Bonchev–Trinajstić information content (AvgIpc) is 3.19. The van der Waals surface area contributed by atoms with Gasteiger partial charge in [-0.15, -0.1) is 10.2 Å². The van der Waals surface area contributed by atoms with E-state index in [2.05, 4.69) is 33.1 Å². The number of hydrogen-bond donors (Lipinski definition) is 0. The standard InChI is InChI=1S/C20H23ClN6O/c1-2-3-17-13-18(23-20-24-22-14-27(17)20)25-8-10-26(11-9-25)19(28)12-15-4-6-16(21)7-5-15/h4-7,13-14H,2-3,8-12H2,1H3. The topological polar surface area (TPSA) is 66.6 Å². The van der Waals surface area contributed by atoms with E-state index in [9.17, 15) is 4.79 Å². The largest absolute Gasteiger partial charge is 0.353 e. The van der Waals surface area contributed by atoms with Crippen LogP contribution in [0.4, 0.5) is 5.82 Å². The molecule has 3 aromatic rings. The molecule has 8 heteroatoms. The molecule has 0 aliphatic carbocycles. The summed E-state index contributed by atoms with van der Waals surface area (Å²) in [7, 11) is 0. The number of carbonyl (C=O) groups excluding carboxylic acids is 1. The molecule has 4 rings (SSSR count). The number of halogens is 1. The van der Waals surface area contributed by atoms with Gasteiger partial charge in [0.1, 0.15) is 12.1 Å². The minimum atomic E-state index is 0.148. The lowest BCUT2D eigenvalue weighted by Gasteiger charge is -2.35. The third-order valence-corrected chi connectivity index (χ3v) is 5.33. The fourth-order valence-corrected chi connectivity index (χ4v) is 3.67. The van der Waals surface area contributed by atoms with E-state index in [0.29, 0.717) is 30.3 Å². The molecule has 28 heavy (non-hydrogen) atoms. The monoisotopic (exact) mass is 398 g/mol. The summed E-state index contributed by atoms with van der Waals surface area (Å²) in [6.07, 6.45) is 4.11. The Balaban J connectivity index is 1.41. The molecule has 1 aliphatic rings. The van der Waals surface area contributed by atoms with Gasteiger partial charge in [-0.05, 0) is 24.1 Å². The molecule has 0 unspecified atom stereocenters. The molecule has 7 nitrogen and oxygen atoms in total. The smallest absolute Gasteiger partial charge is 0.256 e. The van der Waals surface area contributed by atoms with E-state index in [1.54, 1.807) is 6.33 Å². The quantitative estimate of drug-likeness (QED) is 0.661. The number of piperazine rings is 1. The second-order valence-electron chi connectivity index (χ2n) is 7.03. The van der Waals surface area contributed by atoms with Crippen LogP contribution < -0.4 is 4.90 Å². The Morgan fingerprint density at radius 3 is 2.61 bits per heavy atom. The summed E-state index contributed by atoms with van der Waals surface area (Å²) < 4.78 is 1.94. The van der Waals surface area contributed by atoms with Crippen molar-refractivity contribution in [1.29, 1.82) is 0 Å². The maximum atomic E-state index is 12.6. The summed E-state index contributed by atoms with van der Waals surface area (Å²) in [5.41, 5.74) is 2.15. The number of hydrogen-bond acceptors (Lipinski definition) is 5. The number of carbonyl (C=O) groups is 1. The van der Waals surface area contributed by atoms with Crippen molar-refractivity contribution in [2.75, 3.05) is 31.1 Å². The Bertz CT molecular complexity index is 962.